The van der Waals surface area contributed by atoms with E-state index in [9.17, 15) is 8.42 Å². The lowest BCUT2D eigenvalue weighted by Gasteiger charge is -2.02. The Morgan fingerprint density at radius 1 is 0.419 bits per heavy atom. The summed E-state index contributed by atoms with van der Waals surface area (Å²) < 4.78 is 28.0. The van der Waals surface area contributed by atoms with Crippen LogP contribution in [0.2, 0.25) is 0 Å². The quantitative estimate of drug-likeness (QED) is 0.192. The van der Waals surface area contributed by atoms with E-state index in [0.717, 1.165) is 45.6 Å². The Balaban J connectivity index is 1.07. The Hall–Kier alpha value is -2.16. The Bertz CT molecular complexity index is 1630. The number of benzene rings is 2. The minimum atomic E-state index is -0.863. The molecule has 0 bridgehead atoms. The smallest absolute Gasteiger partial charge is 0.0949 e. The summed E-state index contributed by atoms with van der Waals surface area (Å²) in [6.45, 7) is 0. The lowest BCUT2D eigenvalue weighted by atomic mass is 10.1. The van der Waals surface area contributed by atoms with Crippen LogP contribution < -0.4 is 0 Å². The van der Waals surface area contributed by atoms with E-state index in [1.54, 1.807) is 22.7 Å². The summed E-state index contributed by atoms with van der Waals surface area (Å²) in [5.41, 5.74) is 7.48. The maximum absolute atomic E-state index is 12.9. The zero-order valence-electron chi connectivity index (χ0n) is 24.3. The summed E-state index contributed by atoms with van der Waals surface area (Å²) in [6, 6.07) is 26.8. The van der Waals surface area contributed by atoms with Gasteiger partial charge in [0.2, 0.25) is 0 Å². The first-order valence-corrected chi connectivity index (χ1v) is 20.5. The summed E-state index contributed by atoms with van der Waals surface area (Å²) >= 11 is 5.28. The van der Waals surface area contributed by atoms with Crippen molar-refractivity contribution in [2.75, 3.05) is 11.5 Å². The van der Waals surface area contributed by atoms with Gasteiger partial charge in [-0.05, 0) is 96.2 Å². The lowest BCUT2D eigenvalue weighted by Crippen LogP contribution is -1.96. The molecular weight excluding hydrogens is 625 g/mol. The number of hydrogen-bond donors (Lipinski definition) is 0. The first-order valence-electron chi connectivity index (χ1n) is 15.5. The molecule has 2 unspecified atom stereocenters. The second-order valence-electron chi connectivity index (χ2n) is 11.6. The van der Waals surface area contributed by atoms with Crippen LogP contribution in [0.1, 0.15) is 62.5 Å². The first kappa shape index (κ1) is 29.5. The van der Waals surface area contributed by atoms with Crippen LogP contribution in [-0.4, -0.2) is 19.9 Å². The molecule has 2 aliphatic rings. The van der Waals surface area contributed by atoms with E-state index in [1.165, 1.54) is 91.4 Å². The monoisotopic (exact) mass is 660 g/mol. The molecule has 2 nitrogen and oxygen atoms in total. The molecule has 0 saturated heterocycles. The highest BCUT2D eigenvalue weighted by molar-refractivity contribution is 7.87. The van der Waals surface area contributed by atoms with Gasteiger partial charge >= 0.3 is 0 Å². The van der Waals surface area contributed by atoms with Crippen molar-refractivity contribution < 1.29 is 8.42 Å². The molecule has 0 spiro atoms. The highest BCUT2D eigenvalue weighted by Gasteiger charge is 2.19. The van der Waals surface area contributed by atoms with Gasteiger partial charge in [0.15, 0.2) is 0 Å². The number of aryl methyl sites for hydroxylation is 2. The van der Waals surface area contributed by atoms with Crippen molar-refractivity contribution in [3.63, 3.8) is 0 Å². The normalized spacial score (nSPS) is 19.6. The van der Waals surface area contributed by atoms with Crippen molar-refractivity contribution in [1.29, 1.82) is 0 Å². The molecule has 2 atom stereocenters. The Morgan fingerprint density at radius 3 is 1.21 bits per heavy atom. The van der Waals surface area contributed by atoms with Crippen LogP contribution in [0.4, 0.5) is 0 Å². The van der Waals surface area contributed by atoms with Crippen molar-refractivity contribution in [2.24, 2.45) is 0 Å². The average Bonchev–Trinajstić information content (AvgIpc) is 3.79. The SMILES string of the molecule is O=S1CCCCCCc2cc(-c3ccc(-c4ccc(-c5ccc(-c6cc7c(s6)S(=O)CCCCCC7)cc5)s4)cc3)sc21. The van der Waals surface area contributed by atoms with Crippen molar-refractivity contribution >= 4 is 55.6 Å². The minimum absolute atomic E-state index is 0.799. The van der Waals surface area contributed by atoms with E-state index in [0.29, 0.717) is 0 Å². The van der Waals surface area contributed by atoms with Crippen molar-refractivity contribution in [3.8, 4) is 41.8 Å². The van der Waals surface area contributed by atoms with Crippen molar-refractivity contribution in [2.45, 2.75) is 72.6 Å². The molecule has 2 aliphatic heterocycles. The molecule has 0 saturated carbocycles. The molecule has 0 aliphatic carbocycles. The van der Waals surface area contributed by atoms with Gasteiger partial charge in [0, 0.05) is 31.0 Å². The summed E-state index contributed by atoms with van der Waals surface area (Å²) in [4.78, 5) is 4.99. The number of hydrogen-bond acceptors (Lipinski definition) is 5. The van der Waals surface area contributed by atoms with E-state index in [2.05, 4.69) is 72.8 Å². The summed E-state index contributed by atoms with van der Waals surface area (Å²) in [7, 11) is -1.73. The van der Waals surface area contributed by atoms with Gasteiger partial charge in [0.05, 0.1) is 30.0 Å². The number of fused-ring (bicyclic) bond motifs is 2. The molecule has 0 amide bonds. The summed E-state index contributed by atoms with van der Waals surface area (Å²) in [6.07, 6.45) is 11.5. The van der Waals surface area contributed by atoms with Crippen LogP contribution >= 0.6 is 34.0 Å². The third-order valence-electron chi connectivity index (χ3n) is 8.52. The maximum atomic E-state index is 12.9. The Kier molecular flexibility index (Phi) is 9.24. The van der Waals surface area contributed by atoms with Gasteiger partial charge in [-0.1, -0.05) is 74.2 Å². The van der Waals surface area contributed by atoms with Crippen molar-refractivity contribution in [3.05, 3.63) is 83.9 Å². The van der Waals surface area contributed by atoms with E-state index in [-0.39, 0.29) is 0 Å². The molecule has 222 valence electrons. The zero-order valence-corrected chi connectivity index (χ0v) is 28.4. The third-order valence-corrected chi connectivity index (χ3v) is 16.0. The molecule has 2 aromatic carbocycles. The van der Waals surface area contributed by atoms with Crippen LogP contribution in [0.3, 0.4) is 0 Å². The van der Waals surface area contributed by atoms with E-state index >= 15 is 0 Å². The average molecular weight is 661 g/mol. The zero-order chi connectivity index (χ0) is 29.2. The second kappa shape index (κ2) is 13.5. The van der Waals surface area contributed by atoms with E-state index in [4.69, 9.17) is 0 Å². The molecule has 43 heavy (non-hydrogen) atoms. The number of thiophene rings is 3. The predicted octanol–water partition coefficient (Wildman–Crippen LogP) is 11.0. The number of rotatable bonds is 4. The topological polar surface area (TPSA) is 34.1 Å². The molecule has 5 heterocycles. The van der Waals surface area contributed by atoms with Crippen LogP contribution in [0.5, 0.6) is 0 Å². The predicted molar refractivity (Wildman–Crippen MR) is 189 cm³/mol. The minimum Gasteiger partial charge on any atom is -0.254 e. The highest BCUT2D eigenvalue weighted by atomic mass is 32.2. The van der Waals surface area contributed by atoms with Gasteiger partial charge in [-0.3, -0.25) is 8.42 Å². The fourth-order valence-electron chi connectivity index (χ4n) is 6.08. The maximum Gasteiger partial charge on any atom is 0.0949 e. The van der Waals surface area contributed by atoms with Gasteiger partial charge < -0.3 is 0 Å². The fourth-order valence-corrected chi connectivity index (χ4v) is 13.0. The van der Waals surface area contributed by atoms with Crippen LogP contribution in [0.15, 0.2) is 81.2 Å². The van der Waals surface area contributed by atoms with Gasteiger partial charge in [0.25, 0.3) is 0 Å². The highest BCUT2D eigenvalue weighted by Crippen LogP contribution is 2.40. The van der Waals surface area contributed by atoms with E-state index in [1.807, 2.05) is 11.3 Å². The third kappa shape index (κ3) is 6.62. The Labute approximate surface area is 272 Å². The first-order chi connectivity index (χ1) is 21.1. The van der Waals surface area contributed by atoms with E-state index < -0.39 is 21.6 Å². The van der Waals surface area contributed by atoms with Crippen LogP contribution in [0, 0.1) is 0 Å². The summed E-state index contributed by atoms with van der Waals surface area (Å²) in [5.74, 6) is 1.60. The standard InChI is InChI=1S/C36H36O2S5/c37-42-21-7-3-1-5-9-29-23-33(40-35(29)42)27-15-11-25(12-16-27)31-19-20-32(39-31)26-13-17-28(18-14-26)34-24-30-10-6-2-4-8-22-43(38)36(30)41-34/h11-20,23-24H,1-10,21-22H2. The lowest BCUT2D eigenvalue weighted by molar-refractivity contribution is 0.663. The van der Waals surface area contributed by atoms with Crippen LogP contribution in [0.25, 0.3) is 41.8 Å². The molecule has 3 aromatic heterocycles. The molecule has 0 N–H and O–H groups in total. The summed E-state index contributed by atoms with van der Waals surface area (Å²) in [5, 5.41) is 0. The Morgan fingerprint density at radius 2 is 0.791 bits per heavy atom. The van der Waals surface area contributed by atoms with Crippen LogP contribution in [-0.2, 0) is 34.4 Å². The molecule has 0 fully saturated rings. The molecule has 7 heteroatoms. The molecule has 5 aromatic rings. The molecule has 7 rings (SSSR count). The van der Waals surface area contributed by atoms with Gasteiger partial charge in [0.1, 0.15) is 0 Å². The van der Waals surface area contributed by atoms with Gasteiger partial charge in [-0.15, -0.1) is 34.0 Å². The fraction of sp³-hybridized carbons (Fsp3) is 0.333. The van der Waals surface area contributed by atoms with Crippen molar-refractivity contribution in [1.82, 2.24) is 0 Å². The molecule has 0 radical (unpaired) electrons. The largest absolute Gasteiger partial charge is 0.254 e. The second-order valence-corrected chi connectivity index (χ2v) is 18.3. The van der Waals surface area contributed by atoms with Gasteiger partial charge in [-0.2, -0.15) is 0 Å². The van der Waals surface area contributed by atoms with Gasteiger partial charge in [-0.25, -0.2) is 0 Å². The molecular formula is C36H36O2S5.